The molecule has 0 radical (unpaired) electrons. The molecule has 6 heteroatoms. The third-order valence-electron chi connectivity index (χ3n) is 3.98. The molecule has 118 valence electrons. The molecule has 0 amide bonds. The van der Waals surface area contributed by atoms with Crippen LogP contribution in [0.4, 0.5) is 0 Å². The highest BCUT2D eigenvalue weighted by molar-refractivity contribution is 7.89. The van der Waals surface area contributed by atoms with Crippen molar-refractivity contribution in [3.05, 3.63) is 28.8 Å². The van der Waals surface area contributed by atoms with E-state index in [1.807, 2.05) is 13.8 Å². The molecule has 1 aromatic rings. The molecular formula is C15H23NO4S. The molecule has 0 saturated carbocycles. The number of rotatable bonds is 6. The van der Waals surface area contributed by atoms with Gasteiger partial charge in [-0.25, -0.2) is 13.2 Å². The van der Waals surface area contributed by atoms with E-state index in [1.165, 1.54) is 16.4 Å². The molecule has 0 atom stereocenters. The quantitative estimate of drug-likeness (QED) is 0.876. The van der Waals surface area contributed by atoms with Gasteiger partial charge in [0.25, 0.3) is 0 Å². The Balaban J connectivity index is 3.47. The maximum atomic E-state index is 12.8. The van der Waals surface area contributed by atoms with Crippen molar-refractivity contribution in [1.82, 2.24) is 4.31 Å². The summed E-state index contributed by atoms with van der Waals surface area (Å²) in [6, 6.07) is 2.65. The topological polar surface area (TPSA) is 74.7 Å². The number of nitrogens with zero attached hydrogens (tertiary/aromatic N) is 1. The standard InChI is InChI=1S/C15H23NO4S/c1-6-13(7-2)16(5)21(19,20)14-9-12(15(17)18)8-10(3)11(14)4/h8-9,13H,6-7H2,1-5H3,(H,17,18). The van der Waals surface area contributed by atoms with Crippen molar-refractivity contribution in [2.75, 3.05) is 7.05 Å². The summed E-state index contributed by atoms with van der Waals surface area (Å²) in [6.45, 7) is 7.30. The van der Waals surface area contributed by atoms with Crippen LogP contribution in [-0.4, -0.2) is 36.9 Å². The van der Waals surface area contributed by atoms with E-state index < -0.39 is 16.0 Å². The highest BCUT2D eigenvalue weighted by Crippen LogP contribution is 2.26. The van der Waals surface area contributed by atoms with Crippen LogP contribution >= 0.6 is 0 Å². The van der Waals surface area contributed by atoms with Gasteiger partial charge in [-0.15, -0.1) is 0 Å². The lowest BCUT2D eigenvalue weighted by atomic mass is 10.1. The van der Waals surface area contributed by atoms with Gasteiger partial charge in [-0.3, -0.25) is 0 Å². The van der Waals surface area contributed by atoms with Crippen molar-refractivity contribution in [2.45, 2.75) is 51.5 Å². The van der Waals surface area contributed by atoms with Gasteiger partial charge in [-0.05, 0) is 49.9 Å². The number of aryl methyl sites for hydroxylation is 1. The average molecular weight is 313 g/mol. The van der Waals surface area contributed by atoms with Gasteiger partial charge in [0.2, 0.25) is 10.0 Å². The van der Waals surface area contributed by atoms with Crippen LogP contribution in [0.1, 0.15) is 48.2 Å². The van der Waals surface area contributed by atoms with Crippen LogP contribution in [0, 0.1) is 13.8 Å². The Labute approximate surface area is 126 Å². The minimum absolute atomic E-state index is 0.00498. The molecule has 0 unspecified atom stereocenters. The first-order valence-corrected chi connectivity index (χ1v) is 8.43. The van der Waals surface area contributed by atoms with Crippen molar-refractivity contribution >= 4 is 16.0 Å². The second-order valence-corrected chi connectivity index (χ2v) is 7.18. The van der Waals surface area contributed by atoms with Crippen molar-refractivity contribution in [2.24, 2.45) is 0 Å². The average Bonchev–Trinajstić information content (AvgIpc) is 2.42. The molecule has 1 rings (SSSR count). The van der Waals surface area contributed by atoms with E-state index in [2.05, 4.69) is 0 Å². The SMILES string of the molecule is CCC(CC)N(C)S(=O)(=O)c1cc(C(=O)O)cc(C)c1C. The molecule has 0 spiro atoms. The lowest BCUT2D eigenvalue weighted by Crippen LogP contribution is -2.36. The Hall–Kier alpha value is -1.40. The second-order valence-electron chi connectivity index (χ2n) is 5.21. The third-order valence-corrected chi connectivity index (χ3v) is 6.02. The Morgan fingerprint density at radius 1 is 1.24 bits per heavy atom. The molecule has 0 aliphatic rings. The van der Waals surface area contributed by atoms with Crippen LogP contribution in [0.5, 0.6) is 0 Å². The maximum Gasteiger partial charge on any atom is 0.335 e. The highest BCUT2D eigenvalue weighted by atomic mass is 32.2. The molecule has 0 aliphatic heterocycles. The largest absolute Gasteiger partial charge is 0.478 e. The van der Waals surface area contributed by atoms with E-state index in [9.17, 15) is 13.2 Å². The molecule has 21 heavy (non-hydrogen) atoms. The van der Waals surface area contributed by atoms with Gasteiger partial charge in [0.15, 0.2) is 0 Å². The number of sulfonamides is 1. The number of hydrogen-bond acceptors (Lipinski definition) is 3. The zero-order valence-corrected chi connectivity index (χ0v) is 14.0. The first-order valence-electron chi connectivity index (χ1n) is 6.99. The Morgan fingerprint density at radius 3 is 2.19 bits per heavy atom. The van der Waals surface area contributed by atoms with Gasteiger partial charge in [0, 0.05) is 13.1 Å². The minimum atomic E-state index is -3.70. The fourth-order valence-electron chi connectivity index (χ4n) is 2.37. The van der Waals surface area contributed by atoms with E-state index in [-0.39, 0.29) is 16.5 Å². The smallest absolute Gasteiger partial charge is 0.335 e. The fourth-order valence-corrected chi connectivity index (χ4v) is 4.20. The molecule has 0 fully saturated rings. The molecule has 0 heterocycles. The fraction of sp³-hybridized carbons (Fsp3) is 0.533. The van der Waals surface area contributed by atoms with Crippen molar-refractivity contribution in [1.29, 1.82) is 0 Å². The summed E-state index contributed by atoms with van der Waals surface area (Å²) in [7, 11) is -2.15. The summed E-state index contributed by atoms with van der Waals surface area (Å²) in [5.41, 5.74) is 1.25. The Bertz CT molecular complexity index is 633. The predicted octanol–water partition coefficient (Wildman–Crippen LogP) is 2.81. The van der Waals surface area contributed by atoms with Crippen LogP contribution in [0.3, 0.4) is 0 Å². The van der Waals surface area contributed by atoms with Gasteiger partial charge in [-0.2, -0.15) is 4.31 Å². The van der Waals surface area contributed by atoms with Crippen LogP contribution in [0.25, 0.3) is 0 Å². The van der Waals surface area contributed by atoms with Crippen LogP contribution in [0.2, 0.25) is 0 Å². The summed E-state index contributed by atoms with van der Waals surface area (Å²) >= 11 is 0. The summed E-state index contributed by atoms with van der Waals surface area (Å²) < 4.78 is 26.9. The molecule has 0 saturated heterocycles. The van der Waals surface area contributed by atoms with Crippen LogP contribution in [0.15, 0.2) is 17.0 Å². The molecule has 1 aromatic carbocycles. The molecule has 0 bridgehead atoms. The van der Waals surface area contributed by atoms with Gasteiger partial charge in [0.05, 0.1) is 10.5 Å². The van der Waals surface area contributed by atoms with E-state index >= 15 is 0 Å². The molecular weight excluding hydrogens is 290 g/mol. The van der Waals surface area contributed by atoms with Gasteiger partial charge in [-0.1, -0.05) is 13.8 Å². The number of carboxylic acids is 1. The minimum Gasteiger partial charge on any atom is -0.478 e. The van der Waals surface area contributed by atoms with E-state index in [0.29, 0.717) is 24.0 Å². The van der Waals surface area contributed by atoms with Gasteiger partial charge < -0.3 is 5.11 Å². The third kappa shape index (κ3) is 3.44. The molecule has 0 aliphatic carbocycles. The highest BCUT2D eigenvalue weighted by Gasteiger charge is 2.28. The number of hydrogen-bond donors (Lipinski definition) is 1. The first-order chi connectivity index (χ1) is 9.66. The molecule has 0 aromatic heterocycles. The molecule has 5 nitrogen and oxygen atoms in total. The van der Waals surface area contributed by atoms with Crippen molar-refractivity contribution in [3.63, 3.8) is 0 Å². The zero-order chi connectivity index (χ0) is 16.4. The number of carbonyl (C=O) groups is 1. The zero-order valence-electron chi connectivity index (χ0n) is 13.2. The number of carboxylic acid groups (broad SMARTS) is 1. The Morgan fingerprint density at radius 2 is 1.76 bits per heavy atom. The normalized spacial score (nSPS) is 12.1. The van der Waals surface area contributed by atoms with E-state index in [0.717, 1.165) is 0 Å². The maximum absolute atomic E-state index is 12.8. The first kappa shape index (κ1) is 17.7. The lowest BCUT2D eigenvalue weighted by molar-refractivity contribution is 0.0696. The summed E-state index contributed by atoms with van der Waals surface area (Å²) in [5, 5.41) is 9.12. The van der Waals surface area contributed by atoms with E-state index in [4.69, 9.17) is 5.11 Å². The second kappa shape index (κ2) is 6.58. The van der Waals surface area contributed by atoms with E-state index in [1.54, 1.807) is 20.9 Å². The van der Waals surface area contributed by atoms with Crippen molar-refractivity contribution in [3.8, 4) is 0 Å². The van der Waals surface area contributed by atoms with Crippen LogP contribution in [-0.2, 0) is 10.0 Å². The summed E-state index contributed by atoms with van der Waals surface area (Å²) in [4.78, 5) is 11.2. The van der Waals surface area contributed by atoms with Gasteiger partial charge in [0.1, 0.15) is 0 Å². The predicted molar refractivity (Wildman–Crippen MR) is 82.2 cm³/mol. The number of benzene rings is 1. The monoisotopic (exact) mass is 313 g/mol. The molecule has 1 N–H and O–H groups in total. The summed E-state index contributed by atoms with van der Waals surface area (Å²) in [6.07, 6.45) is 1.42. The Kier molecular flexibility index (Phi) is 5.53. The van der Waals surface area contributed by atoms with Crippen molar-refractivity contribution < 1.29 is 18.3 Å². The van der Waals surface area contributed by atoms with Crippen LogP contribution < -0.4 is 0 Å². The summed E-state index contributed by atoms with van der Waals surface area (Å²) in [5.74, 6) is -1.13. The number of aromatic carboxylic acids is 1. The van der Waals surface area contributed by atoms with Gasteiger partial charge >= 0.3 is 5.97 Å². The lowest BCUT2D eigenvalue weighted by Gasteiger charge is -2.26.